The standard InChI is InChI=1S/C9H8FN3O/c10-6-2-1-3-7-8(6)5(4-12-7)9(14)13-11/h1-4,12H,11H2,(H,13,14). The molecule has 1 aromatic heterocycles. The number of amides is 1. The number of hydrazine groups is 1. The maximum absolute atomic E-state index is 13.3. The van der Waals surface area contributed by atoms with Gasteiger partial charge >= 0.3 is 0 Å². The van der Waals surface area contributed by atoms with Crippen molar-refractivity contribution in [1.29, 1.82) is 0 Å². The Morgan fingerprint density at radius 2 is 2.29 bits per heavy atom. The van der Waals surface area contributed by atoms with E-state index < -0.39 is 11.7 Å². The van der Waals surface area contributed by atoms with Crippen molar-refractivity contribution < 1.29 is 9.18 Å². The van der Waals surface area contributed by atoms with Crippen molar-refractivity contribution in [1.82, 2.24) is 10.4 Å². The number of halogens is 1. The zero-order chi connectivity index (χ0) is 10.1. The molecule has 4 nitrogen and oxygen atoms in total. The van der Waals surface area contributed by atoms with Gasteiger partial charge in [0.2, 0.25) is 0 Å². The minimum absolute atomic E-state index is 0.209. The normalized spacial score (nSPS) is 10.4. The summed E-state index contributed by atoms with van der Waals surface area (Å²) < 4.78 is 13.3. The van der Waals surface area contributed by atoms with Crippen LogP contribution in [0.4, 0.5) is 4.39 Å². The van der Waals surface area contributed by atoms with Crippen molar-refractivity contribution in [3.63, 3.8) is 0 Å². The average molecular weight is 193 g/mol. The fourth-order valence-corrected chi connectivity index (χ4v) is 1.40. The number of nitrogens with one attached hydrogen (secondary N) is 2. The van der Waals surface area contributed by atoms with Crippen molar-refractivity contribution in [3.8, 4) is 0 Å². The fraction of sp³-hybridized carbons (Fsp3) is 0. The molecule has 0 saturated carbocycles. The van der Waals surface area contributed by atoms with E-state index in [0.29, 0.717) is 5.52 Å². The van der Waals surface area contributed by atoms with Crippen LogP contribution in [-0.2, 0) is 0 Å². The molecular formula is C9H8FN3O. The van der Waals surface area contributed by atoms with Crippen LogP contribution in [0, 0.1) is 5.82 Å². The average Bonchev–Trinajstić information content (AvgIpc) is 2.62. The van der Waals surface area contributed by atoms with Crippen LogP contribution >= 0.6 is 0 Å². The van der Waals surface area contributed by atoms with E-state index in [1.807, 2.05) is 5.43 Å². The number of hydrogen-bond donors (Lipinski definition) is 3. The largest absolute Gasteiger partial charge is 0.360 e. The van der Waals surface area contributed by atoms with Gasteiger partial charge in [0, 0.05) is 17.1 Å². The number of rotatable bonds is 1. The van der Waals surface area contributed by atoms with Crippen molar-refractivity contribution in [2.24, 2.45) is 5.84 Å². The first-order valence-electron chi connectivity index (χ1n) is 4.00. The smallest absolute Gasteiger partial charge is 0.267 e. The lowest BCUT2D eigenvalue weighted by Gasteiger charge is -1.97. The molecule has 0 bridgehead atoms. The second-order valence-corrected chi connectivity index (χ2v) is 2.84. The number of nitrogens with two attached hydrogens (primary N) is 1. The van der Waals surface area contributed by atoms with Crippen LogP contribution in [0.25, 0.3) is 10.9 Å². The van der Waals surface area contributed by atoms with Gasteiger partial charge in [-0.2, -0.15) is 0 Å². The van der Waals surface area contributed by atoms with Crippen LogP contribution in [0.15, 0.2) is 24.4 Å². The topological polar surface area (TPSA) is 70.9 Å². The lowest BCUT2D eigenvalue weighted by Crippen LogP contribution is -2.29. The number of nitrogen functional groups attached to an aromatic ring is 1. The zero-order valence-corrected chi connectivity index (χ0v) is 7.17. The van der Waals surface area contributed by atoms with Crippen LogP contribution in [0.5, 0.6) is 0 Å². The molecule has 5 heteroatoms. The molecule has 0 aliphatic heterocycles. The van der Waals surface area contributed by atoms with Gasteiger partial charge in [-0.25, -0.2) is 10.2 Å². The zero-order valence-electron chi connectivity index (χ0n) is 7.17. The summed E-state index contributed by atoms with van der Waals surface area (Å²) in [6.45, 7) is 0. The summed E-state index contributed by atoms with van der Waals surface area (Å²) in [5.74, 6) is 4.01. The van der Waals surface area contributed by atoms with E-state index in [4.69, 9.17) is 5.84 Å². The Kier molecular flexibility index (Phi) is 1.94. The number of fused-ring (bicyclic) bond motifs is 1. The minimum atomic E-state index is -0.513. The molecule has 0 unspecified atom stereocenters. The Morgan fingerprint density at radius 3 is 3.00 bits per heavy atom. The SMILES string of the molecule is NNC(=O)c1c[nH]c2cccc(F)c12. The van der Waals surface area contributed by atoms with Crippen LogP contribution in [0.1, 0.15) is 10.4 Å². The van der Waals surface area contributed by atoms with Gasteiger partial charge < -0.3 is 4.98 Å². The van der Waals surface area contributed by atoms with Crippen LogP contribution < -0.4 is 11.3 Å². The molecule has 0 fully saturated rings. The van der Waals surface area contributed by atoms with Crippen LogP contribution in [0.2, 0.25) is 0 Å². The predicted octanol–water partition coefficient (Wildman–Crippen LogP) is 0.910. The Labute approximate surface area is 78.9 Å². The van der Waals surface area contributed by atoms with E-state index in [2.05, 4.69) is 4.98 Å². The molecule has 0 aliphatic rings. The molecule has 0 aliphatic carbocycles. The van der Waals surface area contributed by atoms with Crippen molar-refractivity contribution in [2.45, 2.75) is 0 Å². The van der Waals surface area contributed by atoms with E-state index in [-0.39, 0.29) is 10.9 Å². The molecule has 4 N–H and O–H groups in total. The van der Waals surface area contributed by atoms with Crippen molar-refractivity contribution in [3.05, 3.63) is 35.8 Å². The molecule has 2 rings (SSSR count). The molecule has 72 valence electrons. The first kappa shape index (κ1) is 8.71. The summed E-state index contributed by atoms with van der Waals surface area (Å²) >= 11 is 0. The van der Waals surface area contributed by atoms with Gasteiger partial charge in [-0.05, 0) is 12.1 Å². The first-order valence-corrected chi connectivity index (χ1v) is 4.00. The fourth-order valence-electron chi connectivity index (χ4n) is 1.40. The number of carbonyl (C=O) groups is 1. The number of benzene rings is 1. The van der Waals surface area contributed by atoms with Gasteiger partial charge in [-0.1, -0.05) is 6.07 Å². The van der Waals surface area contributed by atoms with E-state index in [1.54, 1.807) is 12.1 Å². The summed E-state index contributed by atoms with van der Waals surface area (Å²) in [5.41, 5.74) is 2.74. The molecule has 1 aromatic carbocycles. The van der Waals surface area contributed by atoms with Crippen LogP contribution in [0.3, 0.4) is 0 Å². The predicted molar refractivity (Wildman–Crippen MR) is 49.9 cm³/mol. The first-order chi connectivity index (χ1) is 6.74. The Bertz CT molecular complexity index is 492. The third kappa shape index (κ3) is 1.14. The van der Waals surface area contributed by atoms with Crippen LogP contribution in [-0.4, -0.2) is 10.9 Å². The van der Waals surface area contributed by atoms with E-state index >= 15 is 0 Å². The quantitative estimate of drug-likeness (QED) is 0.358. The monoisotopic (exact) mass is 193 g/mol. The Balaban J connectivity index is 2.73. The molecule has 0 atom stereocenters. The van der Waals surface area contributed by atoms with Crippen molar-refractivity contribution in [2.75, 3.05) is 0 Å². The third-order valence-corrected chi connectivity index (χ3v) is 2.03. The van der Waals surface area contributed by atoms with Gasteiger partial charge in [0.25, 0.3) is 5.91 Å². The summed E-state index contributed by atoms with van der Waals surface area (Å²) in [4.78, 5) is 14.0. The summed E-state index contributed by atoms with van der Waals surface area (Å²) in [6.07, 6.45) is 1.43. The number of aromatic amines is 1. The highest BCUT2D eigenvalue weighted by Crippen LogP contribution is 2.20. The molecule has 0 saturated heterocycles. The molecule has 14 heavy (non-hydrogen) atoms. The van der Waals surface area contributed by atoms with Gasteiger partial charge in [-0.3, -0.25) is 10.2 Å². The van der Waals surface area contributed by atoms with Gasteiger partial charge in [0.05, 0.1) is 5.56 Å². The van der Waals surface area contributed by atoms with E-state index in [9.17, 15) is 9.18 Å². The molecular weight excluding hydrogens is 185 g/mol. The van der Waals surface area contributed by atoms with Crippen molar-refractivity contribution >= 4 is 16.8 Å². The van der Waals surface area contributed by atoms with E-state index in [0.717, 1.165) is 0 Å². The molecule has 1 amide bonds. The highest BCUT2D eigenvalue weighted by Gasteiger charge is 2.13. The van der Waals surface area contributed by atoms with Gasteiger partial charge in [0.15, 0.2) is 0 Å². The third-order valence-electron chi connectivity index (χ3n) is 2.03. The highest BCUT2D eigenvalue weighted by atomic mass is 19.1. The lowest BCUT2D eigenvalue weighted by atomic mass is 10.1. The second kappa shape index (κ2) is 3.12. The highest BCUT2D eigenvalue weighted by molar-refractivity contribution is 6.06. The maximum Gasteiger partial charge on any atom is 0.267 e. The Morgan fingerprint density at radius 1 is 1.50 bits per heavy atom. The molecule has 2 aromatic rings. The van der Waals surface area contributed by atoms with Gasteiger partial charge in [-0.15, -0.1) is 0 Å². The molecule has 0 spiro atoms. The Hall–Kier alpha value is -1.88. The van der Waals surface area contributed by atoms with Gasteiger partial charge in [0.1, 0.15) is 5.82 Å². The molecule has 1 heterocycles. The van der Waals surface area contributed by atoms with E-state index in [1.165, 1.54) is 12.3 Å². The minimum Gasteiger partial charge on any atom is -0.360 e. The lowest BCUT2D eigenvalue weighted by molar-refractivity contribution is 0.0955. The number of H-pyrrole nitrogens is 1. The number of aromatic nitrogens is 1. The number of hydrogen-bond acceptors (Lipinski definition) is 2. The molecule has 0 radical (unpaired) electrons. The second-order valence-electron chi connectivity index (χ2n) is 2.84. The number of carbonyl (C=O) groups excluding carboxylic acids is 1. The summed E-state index contributed by atoms with van der Waals surface area (Å²) in [5, 5.41) is 0.260. The summed E-state index contributed by atoms with van der Waals surface area (Å²) in [6, 6.07) is 4.55. The summed E-state index contributed by atoms with van der Waals surface area (Å²) in [7, 11) is 0. The maximum atomic E-state index is 13.3.